The number of nitrogens with zero attached hydrogens (tertiary/aromatic N) is 2. The standard InChI is InChI=1S/C28H31N3O4/c1-27(17-32,18-33)16-31-23-14-21(19-6-3-2-4-7-19)15-30-25(23)35-24(26(31)34)20-8-10-22(11-9-20)28(29)12-5-13-28/h2-4,6-11,14-15,24,32-33H,5,12-13,16-18,29H2,1H3. The Morgan fingerprint density at radius 2 is 1.77 bits per heavy atom. The van der Waals surface area contributed by atoms with Gasteiger partial charge in [0.15, 0.2) is 0 Å². The number of anilines is 1. The van der Waals surface area contributed by atoms with Crippen LogP contribution in [0.2, 0.25) is 0 Å². The van der Waals surface area contributed by atoms with Crippen molar-refractivity contribution in [1.29, 1.82) is 0 Å². The molecule has 2 aliphatic rings. The molecule has 1 unspecified atom stereocenters. The highest BCUT2D eigenvalue weighted by Gasteiger charge is 2.41. The van der Waals surface area contributed by atoms with E-state index in [0.29, 0.717) is 17.1 Å². The summed E-state index contributed by atoms with van der Waals surface area (Å²) >= 11 is 0. The van der Waals surface area contributed by atoms with Gasteiger partial charge in [0.2, 0.25) is 12.0 Å². The maximum atomic E-state index is 13.8. The minimum Gasteiger partial charge on any atom is -0.458 e. The zero-order valence-corrected chi connectivity index (χ0v) is 19.9. The molecule has 1 saturated carbocycles. The number of hydrogen-bond donors (Lipinski definition) is 3. The fraction of sp³-hybridized carbons (Fsp3) is 0.357. The molecule has 1 aromatic heterocycles. The third-order valence-electron chi connectivity index (χ3n) is 7.29. The van der Waals surface area contributed by atoms with Crippen molar-refractivity contribution < 1.29 is 19.7 Å². The number of aliphatic hydroxyl groups excluding tert-OH is 2. The summed E-state index contributed by atoms with van der Waals surface area (Å²) in [5.74, 6) is 0.0716. The fourth-order valence-corrected chi connectivity index (χ4v) is 4.68. The maximum Gasteiger partial charge on any atom is 0.273 e. The summed E-state index contributed by atoms with van der Waals surface area (Å²) in [6.45, 7) is 1.32. The van der Waals surface area contributed by atoms with Crippen LogP contribution in [0.3, 0.4) is 0 Å². The number of aromatic nitrogens is 1. The summed E-state index contributed by atoms with van der Waals surface area (Å²) < 4.78 is 6.14. The molecule has 0 bridgehead atoms. The minimum absolute atomic E-state index is 0.121. The van der Waals surface area contributed by atoms with Crippen molar-refractivity contribution in [3.05, 3.63) is 78.0 Å². The second-order valence-corrected chi connectivity index (χ2v) is 10.1. The smallest absolute Gasteiger partial charge is 0.273 e. The van der Waals surface area contributed by atoms with Gasteiger partial charge in [0.25, 0.3) is 5.91 Å². The van der Waals surface area contributed by atoms with Gasteiger partial charge in [-0.3, -0.25) is 4.79 Å². The lowest BCUT2D eigenvalue weighted by Gasteiger charge is -2.39. The molecule has 0 spiro atoms. The van der Waals surface area contributed by atoms with Gasteiger partial charge >= 0.3 is 0 Å². The SMILES string of the molecule is CC(CO)(CO)CN1C(=O)C(c2ccc(C3(N)CCC3)cc2)Oc2ncc(-c3ccccc3)cc21. The summed E-state index contributed by atoms with van der Waals surface area (Å²) in [7, 11) is 0. The van der Waals surface area contributed by atoms with E-state index < -0.39 is 11.5 Å². The molecule has 2 heterocycles. The molecule has 1 amide bonds. The first-order valence-electron chi connectivity index (χ1n) is 12.0. The van der Waals surface area contributed by atoms with Crippen LogP contribution in [0.1, 0.15) is 43.4 Å². The van der Waals surface area contributed by atoms with Gasteiger partial charge in [-0.2, -0.15) is 0 Å². The van der Waals surface area contributed by atoms with Gasteiger partial charge in [-0.05, 0) is 36.5 Å². The highest BCUT2D eigenvalue weighted by Crippen LogP contribution is 2.42. The number of pyridine rings is 1. The molecular weight excluding hydrogens is 442 g/mol. The zero-order chi connectivity index (χ0) is 24.6. The van der Waals surface area contributed by atoms with Crippen LogP contribution in [0.5, 0.6) is 5.88 Å². The number of ether oxygens (including phenoxy) is 1. The van der Waals surface area contributed by atoms with Crippen molar-refractivity contribution in [2.45, 2.75) is 37.8 Å². The van der Waals surface area contributed by atoms with E-state index in [1.807, 2.05) is 60.7 Å². The molecule has 35 heavy (non-hydrogen) atoms. The van der Waals surface area contributed by atoms with Crippen molar-refractivity contribution >= 4 is 11.6 Å². The second-order valence-electron chi connectivity index (χ2n) is 10.1. The average molecular weight is 474 g/mol. The molecular formula is C28H31N3O4. The summed E-state index contributed by atoms with van der Waals surface area (Å²) in [5, 5.41) is 19.9. The van der Waals surface area contributed by atoms with Crippen LogP contribution >= 0.6 is 0 Å². The molecule has 5 rings (SSSR count). The van der Waals surface area contributed by atoms with Crippen LogP contribution in [-0.2, 0) is 10.3 Å². The Labute approximate surface area is 205 Å². The van der Waals surface area contributed by atoms with Crippen LogP contribution in [0.25, 0.3) is 11.1 Å². The van der Waals surface area contributed by atoms with Gasteiger partial charge in [0.05, 0.1) is 13.2 Å². The van der Waals surface area contributed by atoms with Gasteiger partial charge in [0, 0.05) is 34.8 Å². The molecule has 7 heteroatoms. The average Bonchev–Trinajstić information content (AvgIpc) is 2.89. The highest BCUT2D eigenvalue weighted by molar-refractivity contribution is 6.00. The molecule has 1 fully saturated rings. The number of benzene rings is 2. The van der Waals surface area contributed by atoms with E-state index in [1.165, 1.54) is 0 Å². The number of hydrogen-bond acceptors (Lipinski definition) is 6. The Hall–Kier alpha value is -3.26. The third kappa shape index (κ3) is 4.31. The molecule has 0 saturated heterocycles. The molecule has 4 N–H and O–H groups in total. The summed E-state index contributed by atoms with van der Waals surface area (Å²) in [5.41, 5.74) is 9.39. The van der Waals surface area contributed by atoms with Crippen LogP contribution in [0.15, 0.2) is 66.9 Å². The van der Waals surface area contributed by atoms with Crippen LogP contribution < -0.4 is 15.4 Å². The molecule has 1 aliphatic heterocycles. The molecule has 0 radical (unpaired) electrons. The Kier molecular flexibility index (Phi) is 6.09. The molecule has 182 valence electrons. The molecule has 3 aromatic rings. The number of amides is 1. The normalized spacial score (nSPS) is 19.0. The van der Waals surface area contributed by atoms with Crippen molar-refractivity contribution in [1.82, 2.24) is 4.98 Å². The lowest BCUT2D eigenvalue weighted by atomic mass is 9.72. The van der Waals surface area contributed by atoms with Crippen LogP contribution in [0, 0.1) is 5.41 Å². The number of nitrogens with two attached hydrogens (primary N) is 1. The Morgan fingerprint density at radius 1 is 1.09 bits per heavy atom. The van der Waals surface area contributed by atoms with E-state index in [9.17, 15) is 15.0 Å². The Bertz CT molecular complexity index is 1200. The Balaban J connectivity index is 1.52. The second kappa shape index (κ2) is 9.07. The van der Waals surface area contributed by atoms with Crippen LogP contribution in [-0.4, -0.2) is 40.9 Å². The van der Waals surface area contributed by atoms with Gasteiger partial charge < -0.3 is 25.6 Å². The Morgan fingerprint density at radius 3 is 2.37 bits per heavy atom. The fourth-order valence-electron chi connectivity index (χ4n) is 4.68. The van der Waals surface area contributed by atoms with E-state index in [2.05, 4.69) is 4.98 Å². The van der Waals surface area contributed by atoms with Gasteiger partial charge in [-0.15, -0.1) is 0 Å². The number of aliphatic hydroxyl groups is 2. The van der Waals surface area contributed by atoms with E-state index in [4.69, 9.17) is 10.5 Å². The van der Waals surface area contributed by atoms with Crippen molar-refractivity contribution in [2.24, 2.45) is 11.1 Å². The lowest BCUT2D eigenvalue weighted by Crippen LogP contribution is -2.48. The highest BCUT2D eigenvalue weighted by atomic mass is 16.5. The van der Waals surface area contributed by atoms with Crippen molar-refractivity contribution in [2.75, 3.05) is 24.7 Å². The quantitative estimate of drug-likeness (QED) is 0.484. The van der Waals surface area contributed by atoms with Gasteiger partial charge in [0.1, 0.15) is 5.69 Å². The summed E-state index contributed by atoms with van der Waals surface area (Å²) in [6.07, 6.45) is 3.89. The molecule has 1 atom stereocenters. The lowest BCUT2D eigenvalue weighted by molar-refractivity contribution is -0.127. The first kappa shape index (κ1) is 23.5. The predicted molar refractivity (Wildman–Crippen MR) is 134 cm³/mol. The molecule has 1 aliphatic carbocycles. The number of rotatable bonds is 7. The summed E-state index contributed by atoms with van der Waals surface area (Å²) in [6, 6.07) is 19.4. The number of carbonyl (C=O) groups is 1. The maximum absolute atomic E-state index is 13.8. The largest absolute Gasteiger partial charge is 0.458 e. The monoisotopic (exact) mass is 473 g/mol. The third-order valence-corrected chi connectivity index (χ3v) is 7.29. The first-order valence-corrected chi connectivity index (χ1v) is 12.0. The van der Waals surface area contributed by atoms with Crippen molar-refractivity contribution in [3.63, 3.8) is 0 Å². The molecule has 7 nitrogen and oxygen atoms in total. The number of carbonyl (C=O) groups excluding carboxylic acids is 1. The zero-order valence-electron chi connectivity index (χ0n) is 19.9. The number of fused-ring (bicyclic) bond motifs is 1. The van der Waals surface area contributed by atoms with Crippen molar-refractivity contribution in [3.8, 4) is 17.0 Å². The van der Waals surface area contributed by atoms with Crippen LogP contribution in [0.4, 0.5) is 5.69 Å². The topological polar surface area (TPSA) is 109 Å². The molecule has 2 aromatic carbocycles. The predicted octanol–water partition coefficient (Wildman–Crippen LogP) is 3.54. The van der Waals surface area contributed by atoms with E-state index in [-0.39, 0.29) is 31.2 Å². The van der Waals surface area contributed by atoms with Gasteiger partial charge in [-0.1, -0.05) is 61.5 Å². The summed E-state index contributed by atoms with van der Waals surface area (Å²) in [4.78, 5) is 19.9. The van der Waals surface area contributed by atoms with E-state index in [0.717, 1.165) is 36.0 Å². The van der Waals surface area contributed by atoms with Gasteiger partial charge in [-0.25, -0.2) is 4.98 Å². The minimum atomic E-state index is -0.891. The van der Waals surface area contributed by atoms with E-state index in [1.54, 1.807) is 18.0 Å². The first-order chi connectivity index (χ1) is 16.9. The van der Waals surface area contributed by atoms with E-state index >= 15 is 0 Å².